The van der Waals surface area contributed by atoms with E-state index in [4.69, 9.17) is 14.0 Å². The van der Waals surface area contributed by atoms with Crippen molar-refractivity contribution in [2.75, 3.05) is 26.8 Å². The molecule has 1 N–H and O–H groups in total. The van der Waals surface area contributed by atoms with Crippen molar-refractivity contribution in [3.05, 3.63) is 41.8 Å². The molecule has 1 aromatic carbocycles. The summed E-state index contributed by atoms with van der Waals surface area (Å²) >= 11 is 0. The second-order valence-corrected chi connectivity index (χ2v) is 10.0. The summed E-state index contributed by atoms with van der Waals surface area (Å²) in [5.41, 5.74) is 0.481. The van der Waals surface area contributed by atoms with Gasteiger partial charge in [-0.2, -0.15) is 0 Å². The molecule has 172 valence electrons. The monoisotopic (exact) mass is 440 g/mol. The molecule has 0 radical (unpaired) electrons. The van der Waals surface area contributed by atoms with Crippen LogP contribution in [0.5, 0.6) is 11.5 Å². The second kappa shape index (κ2) is 8.77. The van der Waals surface area contributed by atoms with E-state index in [0.717, 1.165) is 17.8 Å². The minimum atomic E-state index is -0.175. The molecule has 4 saturated carbocycles. The molecule has 0 unspecified atom stereocenters. The zero-order chi connectivity index (χ0) is 22.1. The summed E-state index contributed by atoms with van der Waals surface area (Å²) in [5.74, 6) is 4.12. The van der Waals surface area contributed by atoms with Gasteiger partial charge in [-0.25, -0.2) is 0 Å². The molecule has 0 spiro atoms. The Labute approximate surface area is 188 Å². The summed E-state index contributed by atoms with van der Waals surface area (Å²) < 4.78 is 16.3. The maximum absolute atomic E-state index is 13.3. The number of aliphatic hydroxyl groups is 1. The third kappa shape index (κ3) is 4.35. The Bertz CT molecular complexity index is 920. The van der Waals surface area contributed by atoms with Gasteiger partial charge in [-0.15, -0.1) is 0 Å². The van der Waals surface area contributed by atoms with E-state index in [-0.39, 0.29) is 30.2 Å². The number of ether oxygens (including phenoxy) is 2. The number of carbonyl (C=O) groups excluding carboxylic acids is 1. The van der Waals surface area contributed by atoms with Crippen molar-refractivity contribution in [1.29, 1.82) is 0 Å². The number of aliphatic hydroxyl groups excluding tert-OH is 1. The van der Waals surface area contributed by atoms with Gasteiger partial charge in [0.1, 0.15) is 18.1 Å². The summed E-state index contributed by atoms with van der Waals surface area (Å²) in [6.45, 7) is 1.14. The zero-order valence-corrected chi connectivity index (χ0v) is 18.7. The number of aromatic nitrogens is 1. The largest absolute Gasteiger partial charge is 0.497 e. The Balaban J connectivity index is 1.24. The van der Waals surface area contributed by atoms with Crippen LogP contribution in [-0.2, 0) is 6.61 Å². The van der Waals surface area contributed by atoms with Crippen LogP contribution in [0.15, 0.2) is 34.9 Å². The van der Waals surface area contributed by atoms with Crippen LogP contribution in [0.3, 0.4) is 0 Å². The Morgan fingerprint density at radius 3 is 2.50 bits per heavy atom. The molecule has 1 amide bonds. The van der Waals surface area contributed by atoms with Crippen LogP contribution >= 0.6 is 0 Å². The van der Waals surface area contributed by atoms with Crippen LogP contribution in [0, 0.1) is 23.2 Å². The van der Waals surface area contributed by atoms with Crippen LogP contribution in [0.4, 0.5) is 0 Å². The van der Waals surface area contributed by atoms with E-state index in [1.165, 1.54) is 38.5 Å². The fourth-order valence-corrected chi connectivity index (χ4v) is 6.75. The van der Waals surface area contributed by atoms with E-state index < -0.39 is 0 Å². The van der Waals surface area contributed by atoms with E-state index >= 15 is 0 Å². The van der Waals surface area contributed by atoms with Gasteiger partial charge < -0.3 is 24.0 Å². The molecule has 2 aromatic rings. The van der Waals surface area contributed by atoms with Crippen LogP contribution in [0.1, 0.15) is 54.8 Å². The third-order valence-electron chi connectivity index (χ3n) is 7.55. The molecule has 4 fully saturated rings. The van der Waals surface area contributed by atoms with Crippen molar-refractivity contribution >= 4 is 5.91 Å². The van der Waals surface area contributed by atoms with Crippen LogP contribution < -0.4 is 9.47 Å². The number of rotatable bonds is 9. The lowest BCUT2D eigenvalue weighted by atomic mass is 9.49. The van der Waals surface area contributed by atoms with E-state index in [1.54, 1.807) is 24.1 Å². The standard InChI is InChI=1S/C25H32N2O5/c1-30-20-3-2-4-21(10-20)31-15-22-11-23(26-32-22)24(29)27(5-6-28)16-25-12-17-7-18(13-25)9-19(8-17)14-25/h2-4,10-11,17-19,28H,5-9,12-16H2,1H3. The fourth-order valence-electron chi connectivity index (χ4n) is 6.75. The van der Waals surface area contributed by atoms with Gasteiger partial charge in [0.2, 0.25) is 0 Å². The topological polar surface area (TPSA) is 85.0 Å². The highest BCUT2D eigenvalue weighted by Gasteiger charge is 2.51. The first-order chi connectivity index (χ1) is 15.6. The van der Waals surface area contributed by atoms with Crippen LogP contribution in [-0.4, -0.2) is 47.9 Å². The van der Waals surface area contributed by atoms with Crippen molar-refractivity contribution < 1.29 is 23.9 Å². The van der Waals surface area contributed by atoms with E-state index in [0.29, 0.717) is 30.3 Å². The molecule has 4 aliphatic rings. The van der Waals surface area contributed by atoms with Gasteiger partial charge in [0, 0.05) is 25.2 Å². The summed E-state index contributed by atoms with van der Waals surface area (Å²) in [7, 11) is 1.61. The van der Waals surface area contributed by atoms with E-state index in [2.05, 4.69) is 5.16 Å². The molecular weight excluding hydrogens is 408 g/mol. The second-order valence-electron chi connectivity index (χ2n) is 10.0. The Morgan fingerprint density at radius 1 is 1.16 bits per heavy atom. The summed E-state index contributed by atoms with van der Waals surface area (Å²) in [6, 6.07) is 8.96. The number of amides is 1. The summed E-state index contributed by atoms with van der Waals surface area (Å²) in [6.07, 6.45) is 7.75. The molecule has 1 heterocycles. The average Bonchev–Trinajstić information content (AvgIpc) is 3.25. The quantitative estimate of drug-likeness (QED) is 0.636. The van der Waals surface area contributed by atoms with Crippen molar-refractivity contribution in [3.63, 3.8) is 0 Å². The van der Waals surface area contributed by atoms with Gasteiger partial charge in [0.15, 0.2) is 11.5 Å². The molecule has 1 aromatic heterocycles. The van der Waals surface area contributed by atoms with Crippen LogP contribution in [0.2, 0.25) is 0 Å². The van der Waals surface area contributed by atoms with Gasteiger partial charge >= 0.3 is 0 Å². The van der Waals surface area contributed by atoms with Crippen LogP contribution in [0.25, 0.3) is 0 Å². The van der Waals surface area contributed by atoms with Gasteiger partial charge in [-0.3, -0.25) is 4.79 Å². The summed E-state index contributed by atoms with van der Waals surface area (Å²) in [5, 5.41) is 13.6. The number of nitrogens with zero attached hydrogens (tertiary/aromatic N) is 2. The van der Waals surface area contributed by atoms with Crippen molar-refractivity contribution in [2.45, 2.75) is 45.1 Å². The first-order valence-electron chi connectivity index (χ1n) is 11.7. The molecular formula is C25H32N2O5. The maximum atomic E-state index is 13.3. The smallest absolute Gasteiger partial charge is 0.276 e. The molecule has 32 heavy (non-hydrogen) atoms. The van der Waals surface area contributed by atoms with Crippen molar-refractivity contribution in [1.82, 2.24) is 10.1 Å². The molecule has 7 heteroatoms. The predicted molar refractivity (Wildman–Crippen MR) is 117 cm³/mol. The lowest BCUT2D eigenvalue weighted by molar-refractivity contribution is -0.0663. The number of methoxy groups -OCH3 is 1. The Kier molecular flexibility index (Phi) is 5.84. The lowest BCUT2D eigenvalue weighted by Gasteiger charge is -2.57. The molecule has 0 aliphatic heterocycles. The normalized spacial score (nSPS) is 28.0. The fraction of sp³-hybridized carbons (Fsp3) is 0.600. The van der Waals surface area contributed by atoms with Gasteiger partial charge in [-0.1, -0.05) is 11.2 Å². The highest BCUT2D eigenvalue weighted by molar-refractivity contribution is 5.92. The average molecular weight is 441 g/mol. The molecule has 7 nitrogen and oxygen atoms in total. The number of benzene rings is 1. The number of hydrogen-bond donors (Lipinski definition) is 1. The highest BCUT2D eigenvalue weighted by atomic mass is 16.5. The minimum Gasteiger partial charge on any atom is -0.497 e. The molecule has 4 aliphatic carbocycles. The molecule has 0 atom stereocenters. The highest BCUT2D eigenvalue weighted by Crippen LogP contribution is 2.60. The minimum absolute atomic E-state index is 0.0538. The summed E-state index contributed by atoms with van der Waals surface area (Å²) in [4.78, 5) is 15.1. The number of carbonyl (C=O) groups is 1. The lowest BCUT2D eigenvalue weighted by Crippen LogP contribution is -2.52. The van der Waals surface area contributed by atoms with Gasteiger partial charge in [0.05, 0.1) is 13.7 Å². The van der Waals surface area contributed by atoms with Gasteiger partial charge in [0.25, 0.3) is 5.91 Å². The molecule has 4 bridgehead atoms. The predicted octanol–water partition coefficient (Wildman–Crippen LogP) is 3.91. The zero-order valence-electron chi connectivity index (χ0n) is 18.7. The Morgan fingerprint density at radius 2 is 1.84 bits per heavy atom. The van der Waals surface area contributed by atoms with Gasteiger partial charge in [-0.05, 0) is 73.8 Å². The van der Waals surface area contributed by atoms with Crippen molar-refractivity contribution in [2.24, 2.45) is 23.2 Å². The molecule has 6 rings (SSSR count). The van der Waals surface area contributed by atoms with E-state index in [1.807, 2.05) is 18.2 Å². The Hall–Kier alpha value is -2.54. The first-order valence-corrected chi connectivity index (χ1v) is 11.7. The SMILES string of the molecule is COc1cccc(OCc2cc(C(=O)N(CCO)CC34CC5CC(CC(C5)C3)C4)no2)c1. The first kappa shape index (κ1) is 21.3. The molecule has 0 saturated heterocycles. The van der Waals surface area contributed by atoms with Crippen molar-refractivity contribution in [3.8, 4) is 11.5 Å². The third-order valence-corrected chi connectivity index (χ3v) is 7.55. The maximum Gasteiger partial charge on any atom is 0.276 e. The van der Waals surface area contributed by atoms with E-state index in [9.17, 15) is 9.90 Å². The number of hydrogen-bond acceptors (Lipinski definition) is 6.